The van der Waals surface area contributed by atoms with E-state index < -0.39 is 23.1 Å². The second kappa shape index (κ2) is 8.05. The normalized spacial score (nSPS) is 16.5. The van der Waals surface area contributed by atoms with Crippen molar-refractivity contribution < 1.29 is 14.7 Å². The predicted octanol–water partition coefficient (Wildman–Crippen LogP) is 3.48. The molecule has 0 aliphatic carbocycles. The Kier molecular flexibility index (Phi) is 5.95. The molecule has 0 bridgehead atoms. The van der Waals surface area contributed by atoms with Gasteiger partial charge in [0.1, 0.15) is 17.5 Å². The molecule has 31 heavy (non-hydrogen) atoms. The summed E-state index contributed by atoms with van der Waals surface area (Å²) in [5.74, 6) is 0.931. The average Bonchev–Trinajstić information content (AvgIpc) is 3.03. The van der Waals surface area contributed by atoms with Gasteiger partial charge in [0, 0.05) is 37.9 Å². The van der Waals surface area contributed by atoms with Crippen LogP contribution in [0.4, 0.5) is 10.6 Å². The number of nitrogens with zero attached hydrogens (tertiary/aromatic N) is 5. The van der Waals surface area contributed by atoms with Gasteiger partial charge in [-0.05, 0) is 45.2 Å². The smallest absolute Gasteiger partial charge is 0.408 e. The summed E-state index contributed by atoms with van der Waals surface area (Å²) in [7, 11) is 0. The molecule has 2 amide bonds. The zero-order valence-corrected chi connectivity index (χ0v) is 19.7. The molecule has 0 radical (unpaired) electrons. The van der Waals surface area contributed by atoms with E-state index in [1.54, 1.807) is 0 Å². The molecule has 3 heterocycles. The maximum Gasteiger partial charge on any atom is 0.408 e. The van der Waals surface area contributed by atoms with Crippen molar-refractivity contribution >= 4 is 23.5 Å². The lowest BCUT2D eigenvalue weighted by molar-refractivity contribution is -0.143. The van der Waals surface area contributed by atoms with Gasteiger partial charge < -0.3 is 14.9 Å². The van der Waals surface area contributed by atoms with Gasteiger partial charge in [0.25, 0.3) is 0 Å². The van der Waals surface area contributed by atoms with Crippen LogP contribution in [0.25, 0.3) is 5.65 Å². The molecule has 0 spiro atoms. The number of amides is 2. The number of pyridine rings is 1. The highest BCUT2D eigenvalue weighted by atomic mass is 16.4. The van der Waals surface area contributed by atoms with Crippen molar-refractivity contribution in [3.8, 4) is 0 Å². The summed E-state index contributed by atoms with van der Waals surface area (Å²) >= 11 is 0. The zero-order chi connectivity index (χ0) is 23.1. The number of fused-ring (bicyclic) bond motifs is 1. The average molecular weight is 430 g/mol. The molecule has 2 aromatic heterocycles. The third-order valence-electron chi connectivity index (χ3n) is 5.75. The summed E-state index contributed by atoms with van der Waals surface area (Å²) in [4.78, 5) is 35.6. The Morgan fingerprint density at radius 3 is 2.19 bits per heavy atom. The quantitative estimate of drug-likeness (QED) is 0.808. The van der Waals surface area contributed by atoms with Gasteiger partial charge in [-0.25, -0.2) is 9.78 Å². The maximum atomic E-state index is 13.6. The van der Waals surface area contributed by atoms with Crippen LogP contribution in [-0.4, -0.2) is 74.1 Å². The molecule has 8 nitrogen and oxygen atoms in total. The van der Waals surface area contributed by atoms with Gasteiger partial charge in [-0.2, -0.15) is 0 Å². The third-order valence-corrected chi connectivity index (χ3v) is 5.75. The number of aryl methyl sites for hydroxylation is 1. The van der Waals surface area contributed by atoms with E-state index in [4.69, 9.17) is 0 Å². The number of carbonyl (C=O) groups is 2. The highest BCUT2D eigenvalue weighted by molar-refractivity contribution is 5.86. The first-order valence-corrected chi connectivity index (χ1v) is 10.8. The van der Waals surface area contributed by atoms with Crippen LogP contribution in [0, 0.1) is 12.3 Å². The number of piperazine rings is 1. The Bertz CT molecular complexity index is 962. The monoisotopic (exact) mass is 429 g/mol. The van der Waals surface area contributed by atoms with Gasteiger partial charge in [-0.3, -0.25) is 14.1 Å². The number of aromatic nitrogens is 2. The number of hydrogen-bond donors (Lipinski definition) is 1. The van der Waals surface area contributed by atoms with Crippen molar-refractivity contribution in [2.75, 3.05) is 31.1 Å². The first-order chi connectivity index (χ1) is 14.3. The van der Waals surface area contributed by atoms with Crippen molar-refractivity contribution in [1.29, 1.82) is 0 Å². The highest BCUT2D eigenvalue weighted by Gasteiger charge is 2.46. The van der Waals surface area contributed by atoms with E-state index in [0.717, 1.165) is 17.2 Å². The maximum absolute atomic E-state index is 13.6. The molecule has 1 saturated heterocycles. The van der Waals surface area contributed by atoms with Gasteiger partial charge in [-0.1, -0.05) is 26.8 Å². The van der Waals surface area contributed by atoms with Crippen molar-refractivity contribution in [1.82, 2.24) is 19.2 Å². The summed E-state index contributed by atoms with van der Waals surface area (Å²) < 4.78 is 2.08. The Morgan fingerprint density at radius 2 is 1.68 bits per heavy atom. The highest BCUT2D eigenvalue weighted by Crippen LogP contribution is 2.32. The Morgan fingerprint density at radius 1 is 1.06 bits per heavy atom. The molecule has 8 heteroatoms. The van der Waals surface area contributed by atoms with E-state index in [9.17, 15) is 14.7 Å². The van der Waals surface area contributed by atoms with Crippen molar-refractivity contribution in [3.05, 3.63) is 30.1 Å². The molecular formula is C23H35N5O3. The molecule has 1 fully saturated rings. The number of hydrogen-bond acceptors (Lipinski definition) is 4. The minimum Gasteiger partial charge on any atom is -0.465 e. The van der Waals surface area contributed by atoms with Crippen LogP contribution >= 0.6 is 0 Å². The summed E-state index contributed by atoms with van der Waals surface area (Å²) in [5, 5.41) is 9.92. The Hall–Kier alpha value is -2.77. The number of anilines is 1. The zero-order valence-electron chi connectivity index (χ0n) is 19.7. The largest absolute Gasteiger partial charge is 0.465 e. The lowest BCUT2D eigenvalue weighted by Gasteiger charge is -2.47. The molecule has 1 aliphatic rings. The van der Waals surface area contributed by atoms with E-state index in [2.05, 4.69) is 20.4 Å². The van der Waals surface area contributed by atoms with Crippen LogP contribution in [0.15, 0.2) is 24.4 Å². The molecule has 3 rings (SSSR count). The van der Waals surface area contributed by atoms with Crippen LogP contribution in [0.5, 0.6) is 0 Å². The fraction of sp³-hybridized carbons (Fsp3) is 0.609. The van der Waals surface area contributed by atoms with Crippen LogP contribution in [0.1, 0.15) is 47.2 Å². The van der Waals surface area contributed by atoms with E-state index in [1.807, 2.05) is 71.7 Å². The molecular weight excluding hydrogens is 394 g/mol. The van der Waals surface area contributed by atoms with E-state index in [0.29, 0.717) is 26.2 Å². The van der Waals surface area contributed by atoms with Crippen LogP contribution < -0.4 is 4.90 Å². The summed E-state index contributed by atoms with van der Waals surface area (Å²) in [5.41, 5.74) is 0.657. The molecule has 2 aromatic rings. The Labute approximate surface area is 184 Å². The molecule has 0 aromatic carbocycles. The topological polar surface area (TPSA) is 81.4 Å². The SMILES string of the molecule is Cc1cn2c(N3CCN(C(=O)[C@H](N(C(=O)O)C(C)(C)C)C(C)(C)C)CC3)cccc2n1. The van der Waals surface area contributed by atoms with Gasteiger partial charge in [0.2, 0.25) is 5.91 Å². The van der Waals surface area contributed by atoms with E-state index in [-0.39, 0.29) is 5.91 Å². The number of rotatable bonds is 3. The molecule has 170 valence electrons. The minimum absolute atomic E-state index is 0.124. The molecule has 0 unspecified atom stereocenters. The van der Waals surface area contributed by atoms with E-state index in [1.165, 1.54) is 4.90 Å². The minimum atomic E-state index is -1.07. The van der Waals surface area contributed by atoms with Gasteiger partial charge in [-0.15, -0.1) is 0 Å². The van der Waals surface area contributed by atoms with Crippen LogP contribution in [0.2, 0.25) is 0 Å². The number of carbonyl (C=O) groups excluding carboxylic acids is 1. The Balaban J connectivity index is 1.81. The standard InChI is InChI=1S/C23H35N5O3/c1-16-15-27-17(24-16)9-8-10-18(27)25-11-13-26(14-12-25)20(29)19(22(2,3)4)28(21(30)31)23(5,6)7/h8-10,15,19H,11-14H2,1-7H3,(H,30,31)/t19-/m0/s1. The summed E-state index contributed by atoms with van der Waals surface area (Å²) in [6.45, 7) is 15.7. The van der Waals surface area contributed by atoms with E-state index >= 15 is 0 Å². The number of carboxylic acid groups (broad SMARTS) is 1. The molecule has 1 atom stereocenters. The van der Waals surface area contributed by atoms with Gasteiger partial charge >= 0.3 is 6.09 Å². The number of imidazole rings is 1. The van der Waals surface area contributed by atoms with Crippen molar-refractivity contribution in [2.45, 2.75) is 60.0 Å². The molecule has 1 N–H and O–H groups in total. The second-order valence-electron chi connectivity index (χ2n) is 10.4. The first-order valence-electron chi connectivity index (χ1n) is 10.8. The van der Waals surface area contributed by atoms with Crippen molar-refractivity contribution in [2.24, 2.45) is 5.41 Å². The van der Waals surface area contributed by atoms with Crippen molar-refractivity contribution in [3.63, 3.8) is 0 Å². The van der Waals surface area contributed by atoms with Crippen LogP contribution in [-0.2, 0) is 4.79 Å². The summed E-state index contributed by atoms with van der Waals surface area (Å²) in [6.07, 6.45) is 0.952. The lowest BCUT2D eigenvalue weighted by atomic mass is 9.82. The van der Waals surface area contributed by atoms with Gasteiger partial charge in [0.05, 0.1) is 5.69 Å². The first kappa shape index (κ1) is 22.9. The second-order valence-corrected chi connectivity index (χ2v) is 10.4. The fourth-order valence-electron chi connectivity index (χ4n) is 4.36. The molecule has 0 saturated carbocycles. The van der Waals surface area contributed by atoms with Gasteiger partial charge in [0.15, 0.2) is 0 Å². The third kappa shape index (κ3) is 4.62. The lowest BCUT2D eigenvalue weighted by Crippen LogP contribution is -2.63. The fourth-order valence-corrected chi connectivity index (χ4v) is 4.36. The molecule has 1 aliphatic heterocycles. The van der Waals surface area contributed by atoms with Crippen LogP contribution in [0.3, 0.4) is 0 Å². The predicted molar refractivity (Wildman–Crippen MR) is 122 cm³/mol. The summed E-state index contributed by atoms with van der Waals surface area (Å²) in [6, 6.07) is 5.29.